The molecule has 0 aromatic rings. The Hall–Kier alpha value is -0.620. The number of rotatable bonds is 21. The van der Waals surface area contributed by atoms with Crippen LogP contribution in [-0.2, 0) is 19.1 Å². The number of hydrogen-bond donors (Lipinski definition) is 1. The molecular formula is C21H42O5S. The summed E-state index contributed by atoms with van der Waals surface area (Å²) >= 11 is 0. The Labute approximate surface area is 167 Å². The Morgan fingerprint density at radius 3 is 1.22 bits per heavy atom. The van der Waals surface area contributed by atoms with Crippen molar-refractivity contribution in [3.05, 3.63) is 0 Å². The molecule has 5 nitrogen and oxygen atoms in total. The quantitative estimate of drug-likeness (QED) is 0.185. The molecule has 0 saturated heterocycles. The van der Waals surface area contributed by atoms with E-state index in [2.05, 4.69) is 0 Å². The third-order valence-corrected chi connectivity index (χ3v) is 5.43. The lowest BCUT2D eigenvalue weighted by Gasteiger charge is -2.04. The summed E-state index contributed by atoms with van der Waals surface area (Å²) in [7, 11) is -3.27. The van der Waals surface area contributed by atoms with Gasteiger partial charge in [-0.1, -0.05) is 96.3 Å². The Morgan fingerprint density at radius 1 is 0.630 bits per heavy atom. The van der Waals surface area contributed by atoms with Gasteiger partial charge in [-0.15, -0.1) is 0 Å². The van der Waals surface area contributed by atoms with Gasteiger partial charge in [-0.25, -0.2) is 0 Å². The molecule has 0 aliphatic rings. The number of carbonyl (C=O) groups is 1. The fraction of sp³-hybridized carbons (Fsp3) is 0.952. The fourth-order valence-electron chi connectivity index (χ4n) is 3.24. The number of unbranched alkanes of at least 4 members (excludes halogenated alkanes) is 16. The van der Waals surface area contributed by atoms with Gasteiger partial charge in [0.15, 0.2) is 0 Å². The first-order valence-corrected chi connectivity index (χ1v) is 12.8. The second-order valence-corrected chi connectivity index (χ2v) is 9.32. The topological polar surface area (TPSA) is 80.7 Å². The molecule has 0 unspecified atom stereocenters. The molecule has 162 valence electrons. The minimum absolute atomic E-state index is 0.320. The van der Waals surface area contributed by atoms with E-state index in [0.717, 1.165) is 31.9 Å². The monoisotopic (exact) mass is 406 g/mol. The van der Waals surface area contributed by atoms with Crippen molar-refractivity contribution in [2.24, 2.45) is 0 Å². The van der Waals surface area contributed by atoms with Crippen LogP contribution in [0.3, 0.4) is 0 Å². The highest BCUT2D eigenvalue weighted by Crippen LogP contribution is 2.14. The summed E-state index contributed by atoms with van der Waals surface area (Å²) in [5.74, 6) is -0.674. The van der Waals surface area contributed by atoms with E-state index in [4.69, 9.17) is 9.29 Å². The molecule has 0 spiro atoms. The first kappa shape index (κ1) is 26.4. The van der Waals surface area contributed by atoms with Crippen molar-refractivity contribution in [1.82, 2.24) is 0 Å². The first-order valence-electron chi connectivity index (χ1n) is 11.0. The van der Waals surface area contributed by atoms with Gasteiger partial charge >= 0.3 is 5.97 Å². The first-order chi connectivity index (χ1) is 12.9. The number of carboxylic acid groups (broad SMARTS) is 1. The highest BCUT2D eigenvalue weighted by Gasteiger charge is 2.00. The van der Waals surface area contributed by atoms with Crippen LogP contribution in [0.1, 0.15) is 116 Å². The zero-order valence-corrected chi connectivity index (χ0v) is 18.2. The molecule has 1 N–H and O–H groups in total. The van der Waals surface area contributed by atoms with Crippen LogP contribution < -0.4 is 0 Å². The van der Waals surface area contributed by atoms with Crippen molar-refractivity contribution < 1.29 is 22.5 Å². The molecule has 0 rings (SSSR count). The zero-order valence-electron chi connectivity index (χ0n) is 17.4. The van der Waals surface area contributed by atoms with Gasteiger partial charge in [0.25, 0.3) is 10.1 Å². The molecule has 0 aromatic carbocycles. The zero-order chi connectivity index (χ0) is 20.2. The highest BCUT2D eigenvalue weighted by atomic mass is 32.2. The Balaban J connectivity index is 3.06. The summed E-state index contributed by atoms with van der Waals surface area (Å²) in [6, 6.07) is 0. The predicted molar refractivity (Wildman–Crippen MR) is 112 cm³/mol. The maximum absolute atomic E-state index is 10.8. The van der Waals surface area contributed by atoms with Gasteiger partial charge in [0, 0.05) is 6.42 Å². The van der Waals surface area contributed by atoms with E-state index < -0.39 is 16.1 Å². The van der Waals surface area contributed by atoms with E-state index in [0.29, 0.717) is 13.0 Å². The van der Waals surface area contributed by atoms with Crippen LogP contribution in [-0.4, -0.2) is 32.4 Å². The van der Waals surface area contributed by atoms with Crippen molar-refractivity contribution in [1.29, 1.82) is 0 Å². The summed E-state index contributed by atoms with van der Waals surface area (Å²) < 4.78 is 26.3. The van der Waals surface area contributed by atoms with E-state index in [-0.39, 0.29) is 0 Å². The number of aliphatic carboxylic acids is 1. The Bertz CT molecular complexity index is 434. The van der Waals surface area contributed by atoms with E-state index in [9.17, 15) is 13.2 Å². The number of carboxylic acids is 1. The second-order valence-electron chi connectivity index (χ2n) is 7.68. The molecule has 0 radical (unpaired) electrons. The minimum atomic E-state index is -3.27. The normalized spacial score (nSPS) is 11.7. The molecule has 0 fully saturated rings. The van der Waals surface area contributed by atoms with Crippen molar-refractivity contribution in [2.45, 2.75) is 116 Å². The summed E-state index contributed by atoms with van der Waals surface area (Å²) in [6.07, 6.45) is 21.9. The lowest BCUT2D eigenvalue weighted by Crippen LogP contribution is -2.03. The van der Waals surface area contributed by atoms with Crippen molar-refractivity contribution >= 4 is 16.1 Å². The average Bonchev–Trinajstić information content (AvgIpc) is 2.58. The molecule has 27 heavy (non-hydrogen) atoms. The molecule has 0 atom stereocenters. The molecule has 0 aliphatic heterocycles. The molecule has 0 bridgehead atoms. The van der Waals surface area contributed by atoms with E-state index >= 15 is 0 Å². The third kappa shape index (κ3) is 25.4. The van der Waals surface area contributed by atoms with Crippen molar-refractivity contribution in [2.75, 3.05) is 12.9 Å². The summed E-state index contributed by atoms with van der Waals surface area (Å²) in [5.41, 5.74) is 0. The number of hydrogen-bond acceptors (Lipinski definition) is 4. The van der Waals surface area contributed by atoms with Crippen LogP contribution in [0.25, 0.3) is 0 Å². The fourth-order valence-corrected chi connectivity index (χ4v) is 3.66. The van der Waals surface area contributed by atoms with Crippen molar-refractivity contribution in [3.8, 4) is 0 Å². The predicted octanol–water partition coefficient (Wildman–Crippen LogP) is 6.07. The van der Waals surface area contributed by atoms with Crippen LogP contribution >= 0.6 is 0 Å². The van der Waals surface area contributed by atoms with Crippen LogP contribution in [0, 0.1) is 0 Å². The minimum Gasteiger partial charge on any atom is -0.481 e. The maximum Gasteiger partial charge on any atom is 0.303 e. The lowest BCUT2D eigenvalue weighted by molar-refractivity contribution is -0.137. The van der Waals surface area contributed by atoms with Crippen LogP contribution in [0.2, 0.25) is 0 Å². The molecule has 6 heteroatoms. The van der Waals surface area contributed by atoms with Gasteiger partial charge < -0.3 is 5.11 Å². The van der Waals surface area contributed by atoms with Gasteiger partial charge in [0.2, 0.25) is 0 Å². The Kier molecular flexibility index (Phi) is 18.3. The van der Waals surface area contributed by atoms with Crippen LogP contribution in [0.15, 0.2) is 0 Å². The van der Waals surface area contributed by atoms with Crippen molar-refractivity contribution in [3.63, 3.8) is 0 Å². The maximum atomic E-state index is 10.8. The van der Waals surface area contributed by atoms with E-state index in [1.165, 1.54) is 83.5 Å². The van der Waals surface area contributed by atoms with E-state index in [1.54, 1.807) is 0 Å². The second kappa shape index (κ2) is 18.7. The summed E-state index contributed by atoms with van der Waals surface area (Å²) in [5, 5.41) is 8.56. The molecule has 0 heterocycles. The van der Waals surface area contributed by atoms with Gasteiger partial charge in [-0.05, 0) is 12.8 Å². The van der Waals surface area contributed by atoms with Gasteiger partial charge in [-0.2, -0.15) is 8.42 Å². The smallest absolute Gasteiger partial charge is 0.303 e. The largest absolute Gasteiger partial charge is 0.481 e. The third-order valence-electron chi connectivity index (χ3n) is 4.83. The lowest BCUT2D eigenvalue weighted by atomic mass is 10.0. The highest BCUT2D eigenvalue weighted by molar-refractivity contribution is 7.85. The van der Waals surface area contributed by atoms with Crippen LogP contribution in [0.4, 0.5) is 0 Å². The Morgan fingerprint density at radius 2 is 0.926 bits per heavy atom. The molecule has 0 amide bonds. The van der Waals surface area contributed by atoms with E-state index in [1.807, 2.05) is 0 Å². The van der Waals surface area contributed by atoms with Gasteiger partial charge in [0.1, 0.15) is 0 Å². The van der Waals surface area contributed by atoms with Crippen LogP contribution in [0.5, 0.6) is 0 Å². The average molecular weight is 407 g/mol. The summed E-state index contributed by atoms with van der Waals surface area (Å²) in [4.78, 5) is 10.4. The molecular weight excluding hydrogens is 364 g/mol. The molecule has 0 saturated carbocycles. The SMILES string of the molecule is CS(=O)(=O)OCCCCCCCCCCCCCCCCCCCC(=O)O. The molecule has 0 aromatic heterocycles. The van der Waals surface area contributed by atoms with Gasteiger partial charge in [0.05, 0.1) is 12.9 Å². The molecule has 0 aliphatic carbocycles. The summed E-state index contributed by atoms with van der Waals surface area (Å²) in [6.45, 7) is 0.323. The van der Waals surface area contributed by atoms with Gasteiger partial charge in [-0.3, -0.25) is 8.98 Å². The standard InChI is InChI=1S/C21H42O5S/c1-27(24,25)26-20-18-16-14-12-10-8-6-4-2-3-5-7-9-11-13-15-17-19-21(22)23/h2-20H2,1H3,(H,22,23).